The summed E-state index contributed by atoms with van der Waals surface area (Å²) >= 11 is 0. The number of piperidine rings is 1. The zero-order valence-electron chi connectivity index (χ0n) is 12.8. The largest absolute Gasteiger partial charge is 0.478 e. The van der Waals surface area contributed by atoms with Crippen molar-refractivity contribution in [2.75, 3.05) is 25.5 Å². The van der Waals surface area contributed by atoms with Crippen molar-refractivity contribution in [3.8, 4) is 5.88 Å². The Kier molecular flexibility index (Phi) is 4.80. The number of aromatic nitrogens is 3. The van der Waals surface area contributed by atoms with Crippen molar-refractivity contribution in [3.63, 3.8) is 0 Å². The highest BCUT2D eigenvalue weighted by Crippen LogP contribution is 2.21. The van der Waals surface area contributed by atoms with Gasteiger partial charge in [0.2, 0.25) is 0 Å². The van der Waals surface area contributed by atoms with Crippen LogP contribution in [0.3, 0.4) is 0 Å². The molecule has 1 aliphatic heterocycles. The molecule has 116 valence electrons. The second-order valence-electron chi connectivity index (χ2n) is 5.49. The Bertz CT molecular complexity index is 592. The maximum Gasteiger partial charge on any atom is 0.257 e. The molecule has 0 amide bonds. The molecule has 0 aliphatic carbocycles. The molecule has 1 saturated heterocycles. The van der Waals surface area contributed by atoms with Crippen LogP contribution in [0.25, 0.3) is 0 Å². The van der Waals surface area contributed by atoms with E-state index < -0.39 is 0 Å². The van der Waals surface area contributed by atoms with E-state index >= 15 is 0 Å². The van der Waals surface area contributed by atoms with E-state index in [9.17, 15) is 0 Å². The van der Waals surface area contributed by atoms with Gasteiger partial charge in [0.15, 0.2) is 5.82 Å². The fraction of sp³-hybridized carbons (Fsp3) is 0.438. The van der Waals surface area contributed by atoms with Gasteiger partial charge in [-0.05, 0) is 31.0 Å². The summed E-state index contributed by atoms with van der Waals surface area (Å²) in [5.41, 5.74) is 1.25. The van der Waals surface area contributed by atoms with E-state index in [2.05, 4.69) is 31.2 Å². The summed E-state index contributed by atoms with van der Waals surface area (Å²) in [4.78, 5) is 15.1. The van der Waals surface area contributed by atoms with Crippen LogP contribution in [0.5, 0.6) is 5.88 Å². The minimum absolute atomic E-state index is 0.357. The van der Waals surface area contributed by atoms with Gasteiger partial charge in [-0.25, -0.2) is 9.97 Å². The summed E-state index contributed by atoms with van der Waals surface area (Å²) < 4.78 is 5.25. The lowest BCUT2D eigenvalue weighted by atomic mass is 10.1. The highest BCUT2D eigenvalue weighted by Gasteiger charge is 2.21. The Labute approximate surface area is 130 Å². The molecule has 2 aromatic rings. The molecule has 22 heavy (non-hydrogen) atoms. The summed E-state index contributed by atoms with van der Waals surface area (Å²) in [6.07, 6.45) is 9.36. The van der Waals surface area contributed by atoms with Crippen LogP contribution in [0.1, 0.15) is 18.4 Å². The predicted octanol–water partition coefficient (Wildman–Crippen LogP) is 1.96. The van der Waals surface area contributed by atoms with Gasteiger partial charge < -0.3 is 10.1 Å². The van der Waals surface area contributed by atoms with E-state index in [1.807, 2.05) is 18.5 Å². The van der Waals surface area contributed by atoms with Crippen LogP contribution in [-0.4, -0.2) is 46.1 Å². The minimum atomic E-state index is 0.357. The number of rotatable bonds is 5. The zero-order chi connectivity index (χ0) is 15.2. The SMILES string of the molecule is COc1nccnc1NC1CCCN(Cc2cccnc2)C1. The molecular formula is C16H21N5O. The summed E-state index contributed by atoms with van der Waals surface area (Å²) in [6.45, 7) is 3.03. The molecule has 1 fully saturated rings. The first kappa shape index (κ1) is 14.7. The first-order valence-corrected chi connectivity index (χ1v) is 7.58. The van der Waals surface area contributed by atoms with Crippen LogP contribution in [0.4, 0.5) is 5.82 Å². The number of hydrogen-bond acceptors (Lipinski definition) is 6. The molecule has 2 aromatic heterocycles. The standard InChI is InChI=1S/C16H21N5O/c1-22-16-15(18-7-8-19-16)20-14-5-3-9-21(12-14)11-13-4-2-6-17-10-13/h2,4,6-8,10,14H,3,5,9,11-12H2,1H3,(H,18,20). The van der Waals surface area contributed by atoms with E-state index in [-0.39, 0.29) is 0 Å². The number of nitrogens with one attached hydrogen (secondary N) is 1. The lowest BCUT2D eigenvalue weighted by Crippen LogP contribution is -2.41. The molecule has 6 heteroatoms. The van der Waals surface area contributed by atoms with Crippen LogP contribution in [-0.2, 0) is 6.54 Å². The van der Waals surface area contributed by atoms with E-state index in [1.165, 1.54) is 12.0 Å². The molecule has 1 N–H and O–H groups in total. The monoisotopic (exact) mass is 299 g/mol. The Hall–Kier alpha value is -2.21. The average Bonchev–Trinajstić information content (AvgIpc) is 2.57. The van der Waals surface area contributed by atoms with E-state index in [0.29, 0.717) is 11.9 Å². The average molecular weight is 299 g/mol. The molecular weight excluding hydrogens is 278 g/mol. The van der Waals surface area contributed by atoms with Crippen LogP contribution < -0.4 is 10.1 Å². The molecule has 3 heterocycles. The summed E-state index contributed by atoms with van der Waals surface area (Å²) in [6, 6.07) is 4.46. The number of anilines is 1. The molecule has 3 rings (SSSR count). The van der Waals surface area contributed by atoms with Gasteiger partial charge in [0.1, 0.15) is 0 Å². The van der Waals surface area contributed by atoms with Crippen LogP contribution in [0, 0.1) is 0 Å². The van der Waals surface area contributed by atoms with Crippen molar-refractivity contribution in [2.45, 2.75) is 25.4 Å². The van der Waals surface area contributed by atoms with Gasteiger partial charge in [0.05, 0.1) is 7.11 Å². The van der Waals surface area contributed by atoms with Crippen LogP contribution in [0.2, 0.25) is 0 Å². The fourth-order valence-corrected chi connectivity index (χ4v) is 2.83. The molecule has 0 bridgehead atoms. The fourth-order valence-electron chi connectivity index (χ4n) is 2.83. The smallest absolute Gasteiger partial charge is 0.257 e. The highest BCUT2D eigenvalue weighted by molar-refractivity contribution is 5.45. The van der Waals surface area contributed by atoms with Crippen LogP contribution >= 0.6 is 0 Å². The van der Waals surface area contributed by atoms with Crippen molar-refractivity contribution in [2.24, 2.45) is 0 Å². The molecule has 0 spiro atoms. The van der Waals surface area contributed by atoms with E-state index in [0.717, 1.165) is 31.9 Å². The van der Waals surface area contributed by atoms with Crippen LogP contribution in [0.15, 0.2) is 36.9 Å². The molecule has 6 nitrogen and oxygen atoms in total. The Morgan fingerprint density at radius 2 is 2.23 bits per heavy atom. The Morgan fingerprint density at radius 1 is 1.32 bits per heavy atom. The number of nitrogens with zero attached hydrogens (tertiary/aromatic N) is 4. The Morgan fingerprint density at radius 3 is 3.05 bits per heavy atom. The van der Waals surface area contributed by atoms with Crippen molar-refractivity contribution >= 4 is 5.82 Å². The second-order valence-corrected chi connectivity index (χ2v) is 5.49. The second kappa shape index (κ2) is 7.17. The Balaban J connectivity index is 1.61. The summed E-state index contributed by atoms with van der Waals surface area (Å²) in [5.74, 6) is 1.27. The first-order valence-electron chi connectivity index (χ1n) is 7.58. The molecule has 1 atom stereocenters. The van der Waals surface area contributed by atoms with E-state index in [4.69, 9.17) is 4.74 Å². The third-order valence-electron chi connectivity index (χ3n) is 3.83. The van der Waals surface area contributed by atoms with Crippen molar-refractivity contribution in [3.05, 3.63) is 42.5 Å². The normalized spacial score (nSPS) is 18.9. The minimum Gasteiger partial charge on any atom is -0.478 e. The van der Waals surface area contributed by atoms with Crippen molar-refractivity contribution in [1.29, 1.82) is 0 Å². The maximum atomic E-state index is 5.25. The summed E-state index contributed by atoms with van der Waals surface area (Å²) in [7, 11) is 1.62. The third kappa shape index (κ3) is 3.71. The van der Waals surface area contributed by atoms with Gasteiger partial charge >= 0.3 is 0 Å². The number of likely N-dealkylation sites (tertiary alicyclic amines) is 1. The molecule has 0 aromatic carbocycles. The van der Waals surface area contributed by atoms with Gasteiger partial charge in [0, 0.05) is 43.9 Å². The van der Waals surface area contributed by atoms with Crippen molar-refractivity contribution in [1.82, 2.24) is 19.9 Å². The molecule has 0 saturated carbocycles. The zero-order valence-corrected chi connectivity index (χ0v) is 12.8. The quantitative estimate of drug-likeness (QED) is 0.910. The molecule has 1 unspecified atom stereocenters. The number of hydrogen-bond donors (Lipinski definition) is 1. The van der Waals surface area contributed by atoms with Gasteiger partial charge in [-0.1, -0.05) is 6.07 Å². The van der Waals surface area contributed by atoms with Gasteiger partial charge in [-0.2, -0.15) is 0 Å². The lowest BCUT2D eigenvalue weighted by Gasteiger charge is -2.33. The van der Waals surface area contributed by atoms with Crippen molar-refractivity contribution < 1.29 is 4.74 Å². The van der Waals surface area contributed by atoms with E-state index in [1.54, 1.807) is 19.5 Å². The topological polar surface area (TPSA) is 63.2 Å². The maximum absolute atomic E-state index is 5.25. The molecule has 0 radical (unpaired) electrons. The predicted molar refractivity (Wildman–Crippen MR) is 84.7 cm³/mol. The number of methoxy groups -OCH3 is 1. The molecule has 1 aliphatic rings. The third-order valence-corrected chi connectivity index (χ3v) is 3.83. The number of ether oxygens (including phenoxy) is 1. The van der Waals surface area contributed by atoms with Gasteiger partial charge in [-0.3, -0.25) is 9.88 Å². The first-order chi connectivity index (χ1) is 10.8. The number of pyridine rings is 1. The lowest BCUT2D eigenvalue weighted by molar-refractivity contribution is 0.208. The van der Waals surface area contributed by atoms with Gasteiger partial charge in [0.25, 0.3) is 5.88 Å². The summed E-state index contributed by atoms with van der Waals surface area (Å²) in [5, 5.41) is 3.46. The van der Waals surface area contributed by atoms with Gasteiger partial charge in [-0.15, -0.1) is 0 Å². The highest BCUT2D eigenvalue weighted by atomic mass is 16.5.